The Morgan fingerprint density at radius 1 is 1.09 bits per heavy atom. The van der Waals surface area contributed by atoms with Crippen molar-refractivity contribution < 1.29 is 18.7 Å². The number of nitrogens with one attached hydrogen (secondary N) is 2. The number of aromatic amines is 1. The Labute approximate surface area is 260 Å². The summed E-state index contributed by atoms with van der Waals surface area (Å²) in [5.74, 6) is 0.592. The molecule has 0 amide bonds. The van der Waals surface area contributed by atoms with Gasteiger partial charge >= 0.3 is 5.97 Å². The Balaban J connectivity index is 1.25. The third kappa shape index (κ3) is 7.05. The highest BCUT2D eigenvalue weighted by Gasteiger charge is 2.24. The largest absolute Gasteiger partial charge is 0.493 e. The lowest BCUT2D eigenvalue weighted by Gasteiger charge is -2.17. The molecule has 6 rings (SSSR count). The summed E-state index contributed by atoms with van der Waals surface area (Å²) >= 11 is 0. The zero-order valence-corrected chi connectivity index (χ0v) is 25.5. The zero-order chi connectivity index (χ0) is 31.3. The molecule has 0 bridgehead atoms. The maximum absolute atomic E-state index is 13.4. The van der Waals surface area contributed by atoms with E-state index in [1.54, 1.807) is 24.5 Å². The molecule has 0 radical (unpaired) electrons. The first-order chi connectivity index (χ1) is 21.9. The first-order valence-corrected chi connectivity index (χ1v) is 15.4. The van der Waals surface area contributed by atoms with Crippen molar-refractivity contribution in [3.05, 3.63) is 88.2 Å². The molecule has 234 valence electrons. The summed E-state index contributed by atoms with van der Waals surface area (Å²) in [7, 11) is 0. The third-order valence-electron chi connectivity index (χ3n) is 8.00. The summed E-state index contributed by atoms with van der Waals surface area (Å²) in [6.07, 6.45) is 3.50. The van der Waals surface area contributed by atoms with Gasteiger partial charge in [-0.15, -0.1) is 0 Å². The van der Waals surface area contributed by atoms with Crippen LogP contribution in [-0.4, -0.2) is 69.3 Å². The van der Waals surface area contributed by atoms with E-state index in [4.69, 9.17) is 14.5 Å². The number of hydrogen-bond acceptors (Lipinski definition) is 8. The molecule has 1 fully saturated rings. The normalized spacial score (nSPS) is 15.2. The summed E-state index contributed by atoms with van der Waals surface area (Å²) in [5, 5.41) is 4.06. The fraction of sp³-hybridized carbons (Fsp3) is 0.353. The Bertz CT molecular complexity index is 1870. The van der Waals surface area contributed by atoms with Gasteiger partial charge in [0.2, 0.25) is 0 Å². The number of aromatic nitrogens is 4. The van der Waals surface area contributed by atoms with E-state index < -0.39 is 0 Å². The number of esters is 1. The molecule has 1 atom stereocenters. The van der Waals surface area contributed by atoms with Crippen LogP contribution in [0.4, 0.5) is 4.39 Å². The SMILES string of the molecule is CCCOc1ccc(CNC2CCN(CC(=O)OCC)C2)cc1-c1nc2cc3ncn(Cc4ccc(F)cc4)c3cc2c(=O)[nH]1. The molecular weight excluding hydrogens is 575 g/mol. The number of hydrogen-bond donors (Lipinski definition) is 2. The Morgan fingerprint density at radius 3 is 2.71 bits per heavy atom. The number of H-pyrrole nitrogens is 1. The van der Waals surface area contributed by atoms with Gasteiger partial charge in [-0.2, -0.15) is 0 Å². The first-order valence-electron chi connectivity index (χ1n) is 15.4. The predicted octanol–water partition coefficient (Wildman–Crippen LogP) is 4.64. The van der Waals surface area contributed by atoms with Crippen LogP contribution in [0.5, 0.6) is 5.75 Å². The van der Waals surface area contributed by atoms with Gasteiger partial charge in [-0.3, -0.25) is 14.5 Å². The molecule has 0 aliphatic carbocycles. The predicted molar refractivity (Wildman–Crippen MR) is 171 cm³/mol. The number of fused-ring (bicyclic) bond motifs is 2. The van der Waals surface area contributed by atoms with Crippen LogP contribution in [0.2, 0.25) is 0 Å². The van der Waals surface area contributed by atoms with E-state index >= 15 is 0 Å². The van der Waals surface area contributed by atoms with Gasteiger partial charge < -0.3 is 24.3 Å². The number of carbonyl (C=O) groups excluding carboxylic acids is 1. The van der Waals surface area contributed by atoms with E-state index in [2.05, 4.69) is 20.2 Å². The number of imidazole rings is 1. The van der Waals surface area contributed by atoms with Gasteiger partial charge in [0.1, 0.15) is 17.4 Å². The standard InChI is InChI=1S/C34H37FN6O4/c1-3-13-45-31-10-7-23(17-36-25-11-12-40(19-25)20-32(42)44-4-2)14-27(31)33-38-28-16-29-30(15-26(28)34(43)39-33)41(21-37-29)18-22-5-8-24(35)9-6-22/h5-10,14-16,21,25,36H,3-4,11-13,17-20H2,1-2H3,(H,38,39,43). The summed E-state index contributed by atoms with van der Waals surface area (Å²) in [6.45, 7) is 7.81. The number of nitrogens with zero attached hydrogens (tertiary/aromatic N) is 4. The minimum absolute atomic E-state index is 0.193. The van der Waals surface area contributed by atoms with Crippen LogP contribution >= 0.6 is 0 Å². The van der Waals surface area contributed by atoms with Crippen LogP contribution in [0.15, 0.2) is 65.7 Å². The van der Waals surface area contributed by atoms with E-state index in [-0.39, 0.29) is 23.4 Å². The number of likely N-dealkylation sites (tertiary alicyclic amines) is 1. The van der Waals surface area contributed by atoms with Crippen LogP contribution in [0.25, 0.3) is 33.3 Å². The van der Waals surface area contributed by atoms with Crippen molar-refractivity contribution in [2.45, 2.75) is 45.8 Å². The van der Waals surface area contributed by atoms with Gasteiger partial charge in [0.25, 0.3) is 5.56 Å². The summed E-state index contributed by atoms with van der Waals surface area (Å²) in [5.41, 5.74) is 4.43. The van der Waals surface area contributed by atoms with Crippen LogP contribution in [-0.2, 0) is 22.6 Å². The zero-order valence-electron chi connectivity index (χ0n) is 25.5. The monoisotopic (exact) mass is 612 g/mol. The lowest BCUT2D eigenvalue weighted by Crippen LogP contribution is -2.34. The second-order valence-electron chi connectivity index (χ2n) is 11.4. The molecule has 5 aromatic rings. The molecule has 11 heteroatoms. The highest BCUT2D eigenvalue weighted by atomic mass is 19.1. The van der Waals surface area contributed by atoms with Crippen molar-refractivity contribution >= 4 is 27.9 Å². The lowest BCUT2D eigenvalue weighted by molar-refractivity contribution is -0.144. The van der Waals surface area contributed by atoms with Crippen molar-refractivity contribution in [1.82, 2.24) is 29.7 Å². The molecule has 1 aliphatic heterocycles. The Kier molecular flexibility index (Phi) is 9.18. The molecule has 2 aromatic heterocycles. The summed E-state index contributed by atoms with van der Waals surface area (Å²) in [6, 6.07) is 16.2. The second kappa shape index (κ2) is 13.6. The quantitative estimate of drug-likeness (QED) is 0.196. The molecule has 45 heavy (non-hydrogen) atoms. The van der Waals surface area contributed by atoms with Gasteiger partial charge in [0.15, 0.2) is 0 Å². The van der Waals surface area contributed by atoms with Crippen molar-refractivity contribution in [2.24, 2.45) is 0 Å². The highest BCUT2D eigenvalue weighted by molar-refractivity contribution is 5.93. The molecule has 3 aromatic carbocycles. The molecule has 0 spiro atoms. The van der Waals surface area contributed by atoms with E-state index in [1.807, 2.05) is 42.7 Å². The smallest absolute Gasteiger partial charge is 0.320 e. The van der Waals surface area contributed by atoms with Crippen LogP contribution < -0.4 is 15.6 Å². The lowest BCUT2D eigenvalue weighted by atomic mass is 10.1. The van der Waals surface area contributed by atoms with Gasteiger partial charge in [-0.25, -0.2) is 14.4 Å². The van der Waals surface area contributed by atoms with Crippen LogP contribution in [0.3, 0.4) is 0 Å². The van der Waals surface area contributed by atoms with E-state index in [0.29, 0.717) is 66.4 Å². The Morgan fingerprint density at radius 2 is 1.91 bits per heavy atom. The van der Waals surface area contributed by atoms with Crippen LogP contribution in [0, 0.1) is 5.82 Å². The minimum atomic E-state index is -0.285. The van der Waals surface area contributed by atoms with Crippen molar-refractivity contribution in [3.63, 3.8) is 0 Å². The molecular formula is C34H37FN6O4. The second-order valence-corrected chi connectivity index (χ2v) is 11.4. The minimum Gasteiger partial charge on any atom is -0.493 e. The molecule has 10 nitrogen and oxygen atoms in total. The molecule has 1 aliphatic rings. The van der Waals surface area contributed by atoms with Crippen LogP contribution in [0.1, 0.15) is 37.8 Å². The first kappa shape index (κ1) is 30.4. The average molecular weight is 613 g/mol. The van der Waals surface area contributed by atoms with Crippen molar-refractivity contribution in [1.29, 1.82) is 0 Å². The topological polar surface area (TPSA) is 114 Å². The molecule has 3 heterocycles. The van der Waals surface area contributed by atoms with Gasteiger partial charge in [-0.05, 0) is 67.3 Å². The van der Waals surface area contributed by atoms with E-state index in [1.165, 1.54) is 12.1 Å². The number of benzene rings is 3. The summed E-state index contributed by atoms with van der Waals surface area (Å²) in [4.78, 5) is 39.8. The number of carbonyl (C=O) groups is 1. The number of rotatable bonds is 12. The maximum atomic E-state index is 13.4. The van der Waals surface area contributed by atoms with Crippen molar-refractivity contribution in [2.75, 3.05) is 32.8 Å². The fourth-order valence-corrected chi connectivity index (χ4v) is 5.74. The molecule has 1 saturated heterocycles. The number of ether oxygens (including phenoxy) is 2. The molecule has 1 unspecified atom stereocenters. The number of halogens is 1. The average Bonchev–Trinajstić information content (AvgIpc) is 3.65. The third-order valence-corrected chi connectivity index (χ3v) is 8.00. The summed E-state index contributed by atoms with van der Waals surface area (Å²) < 4.78 is 26.5. The highest BCUT2D eigenvalue weighted by Crippen LogP contribution is 2.30. The fourth-order valence-electron chi connectivity index (χ4n) is 5.74. The van der Waals surface area contributed by atoms with Gasteiger partial charge in [0.05, 0.1) is 53.6 Å². The van der Waals surface area contributed by atoms with E-state index in [9.17, 15) is 14.0 Å². The maximum Gasteiger partial charge on any atom is 0.320 e. The van der Waals surface area contributed by atoms with Gasteiger partial charge in [0, 0.05) is 32.2 Å². The van der Waals surface area contributed by atoms with E-state index in [0.717, 1.165) is 42.6 Å². The van der Waals surface area contributed by atoms with Gasteiger partial charge in [-0.1, -0.05) is 25.1 Å². The molecule has 2 N–H and O–H groups in total. The molecule has 0 saturated carbocycles. The Hall–Kier alpha value is -4.61. The van der Waals surface area contributed by atoms with Crippen molar-refractivity contribution in [3.8, 4) is 17.1 Å².